The van der Waals surface area contributed by atoms with E-state index in [-0.39, 0.29) is 22.7 Å². The van der Waals surface area contributed by atoms with Crippen LogP contribution < -0.4 is 0 Å². The van der Waals surface area contributed by atoms with Gasteiger partial charge >= 0.3 is 0 Å². The lowest BCUT2D eigenvalue weighted by Crippen LogP contribution is -2.17. The van der Waals surface area contributed by atoms with Crippen LogP contribution in [0.15, 0.2) is 12.2 Å². The van der Waals surface area contributed by atoms with Gasteiger partial charge < -0.3 is 4.74 Å². The second kappa shape index (κ2) is 4.24. The van der Waals surface area contributed by atoms with Crippen molar-refractivity contribution in [1.29, 1.82) is 0 Å². The Hall–Kier alpha value is -0.630. The average molecular weight is 236 g/mol. The number of ether oxygens (including phenoxy) is 1. The van der Waals surface area contributed by atoms with E-state index in [0.29, 0.717) is 6.10 Å². The molecule has 0 aromatic heterocycles. The van der Waals surface area contributed by atoms with Gasteiger partial charge in [0.15, 0.2) is 5.78 Å². The SMILES string of the molecule is C[C@@H]1CCC[C@]2(C)O[C@H]2CC(C)(C)/C=C/C1=O. The molecular formula is C15H24O2. The van der Waals surface area contributed by atoms with Crippen LogP contribution >= 0.6 is 0 Å². The van der Waals surface area contributed by atoms with Gasteiger partial charge in [-0.3, -0.25) is 4.79 Å². The minimum Gasteiger partial charge on any atom is -0.366 e. The van der Waals surface area contributed by atoms with E-state index in [9.17, 15) is 4.79 Å². The summed E-state index contributed by atoms with van der Waals surface area (Å²) in [5.74, 6) is 0.431. The summed E-state index contributed by atoms with van der Waals surface area (Å²) < 4.78 is 5.86. The van der Waals surface area contributed by atoms with Crippen LogP contribution in [0, 0.1) is 11.3 Å². The number of fused-ring (bicyclic) bond motifs is 1. The van der Waals surface area contributed by atoms with E-state index >= 15 is 0 Å². The lowest BCUT2D eigenvalue weighted by Gasteiger charge is -2.19. The molecule has 0 N–H and O–H groups in total. The number of hydrogen-bond donors (Lipinski definition) is 0. The van der Waals surface area contributed by atoms with Crippen LogP contribution in [0.1, 0.15) is 53.4 Å². The molecule has 2 heteroatoms. The summed E-state index contributed by atoms with van der Waals surface area (Å²) in [5, 5.41) is 0. The molecule has 0 spiro atoms. The molecule has 1 saturated heterocycles. The normalized spacial score (nSPS) is 43.4. The second-order valence-electron chi connectivity index (χ2n) is 6.64. The summed E-state index contributed by atoms with van der Waals surface area (Å²) >= 11 is 0. The second-order valence-corrected chi connectivity index (χ2v) is 6.64. The summed E-state index contributed by atoms with van der Waals surface area (Å²) in [6.07, 6.45) is 8.41. The van der Waals surface area contributed by atoms with Gasteiger partial charge in [-0.25, -0.2) is 0 Å². The third-order valence-corrected chi connectivity index (χ3v) is 4.24. The van der Waals surface area contributed by atoms with Crippen LogP contribution in [0.25, 0.3) is 0 Å². The van der Waals surface area contributed by atoms with Gasteiger partial charge in [0.25, 0.3) is 0 Å². The maximum atomic E-state index is 11.9. The molecule has 1 fully saturated rings. The largest absolute Gasteiger partial charge is 0.366 e. The van der Waals surface area contributed by atoms with Gasteiger partial charge in [-0.1, -0.05) is 26.8 Å². The van der Waals surface area contributed by atoms with Crippen molar-refractivity contribution >= 4 is 5.78 Å². The quantitative estimate of drug-likeness (QED) is 0.602. The molecule has 0 unspecified atom stereocenters. The number of epoxide rings is 1. The monoisotopic (exact) mass is 236 g/mol. The minimum atomic E-state index is 0.0577. The lowest BCUT2D eigenvalue weighted by atomic mass is 9.84. The third kappa shape index (κ3) is 2.98. The number of allylic oxidation sites excluding steroid dienone is 2. The van der Waals surface area contributed by atoms with Gasteiger partial charge in [0.2, 0.25) is 0 Å². The van der Waals surface area contributed by atoms with Gasteiger partial charge in [-0.2, -0.15) is 0 Å². The Morgan fingerprint density at radius 1 is 1.35 bits per heavy atom. The predicted molar refractivity (Wildman–Crippen MR) is 68.8 cm³/mol. The van der Waals surface area contributed by atoms with Crippen LogP contribution in [0.5, 0.6) is 0 Å². The Morgan fingerprint density at radius 3 is 2.76 bits per heavy atom. The summed E-state index contributed by atoms with van der Waals surface area (Å²) in [4.78, 5) is 11.9. The molecule has 96 valence electrons. The molecule has 0 amide bonds. The van der Waals surface area contributed by atoms with Crippen molar-refractivity contribution in [2.75, 3.05) is 0 Å². The molecule has 0 aromatic rings. The fraction of sp³-hybridized carbons (Fsp3) is 0.800. The molecule has 2 nitrogen and oxygen atoms in total. The van der Waals surface area contributed by atoms with E-state index in [2.05, 4.69) is 26.8 Å². The molecular weight excluding hydrogens is 212 g/mol. The molecule has 0 bridgehead atoms. The van der Waals surface area contributed by atoms with Crippen molar-refractivity contribution < 1.29 is 9.53 Å². The van der Waals surface area contributed by atoms with Crippen LogP contribution in [-0.4, -0.2) is 17.5 Å². The molecule has 0 aromatic carbocycles. The zero-order valence-electron chi connectivity index (χ0n) is 11.5. The first kappa shape index (κ1) is 12.8. The zero-order valence-corrected chi connectivity index (χ0v) is 11.5. The average Bonchev–Trinajstić information content (AvgIpc) is 2.83. The molecule has 1 aliphatic carbocycles. The van der Waals surface area contributed by atoms with Crippen molar-refractivity contribution in [1.82, 2.24) is 0 Å². The maximum Gasteiger partial charge on any atom is 0.158 e. The fourth-order valence-electron chi connectivity index (χ4n) is 2.69. The summed E-state index contributed by atoms with van der Waals surface area (Å²) in [5.41, 5.74) is 0.139. The minimum absolute atomic E-state index is 0.0577. The molecule has 1 aliphatic heterocycles. The highest BCUT2D eigenvalue weighted by molar-refractivity contribution is 5.91. The number of carbonyl (C=O) groups is 1. The standard InChI is InChI=1S/C15H24O2/c1-11-6-5-8-15(4)13(17-15)10-14(2,3)9-7-12(11)16/h7,9,11,13H,5-6,8,10H2,1-4H3/b9-7+/t11-,13+,15+/m1/s1. The van der Waals surface area contributed by atoms with Gasteiger partial charge in [-0.05, 0) is 44.1 Å². The van der Waals surface area contributed by atoms with Crippen molar-refractivity contribution in [2.24, 2.45) is 11.3 Å². The Bertz CT molecular complexity index is 343. The first-order valence-electron chi connectivity index (χ1n) is 6.73. The predicted octanol–water partition coefficient (Wildman–Crippen LogP) is 3.51. The van der Waals surface area contributed by atoms with Gasteiger partial charge in [0.05, 0.1) is 11.7 Å². The van der Waals surface area contributed by atoms with Crippen molar-refractivity contribution in [3.05, 3.63) is 12.2 Å². The van der Waals surface area contributed by atoms with Gasteiger partial charge in [0, 0.05) is 5.92 Å². The van der Waals surface area contributed by atoms with E-state index in [0.717, 1.165) is 25.7 Å². The van der Waals surface area contributed by atoms with E-state index < -0.39 is 0 Å². The lowest BCUT2D eigenvalue weighted by molar-refractivity contribution is -0.118. The number of rotatable bonds is 0. The third-order valence-electron chi connectivity index (χ3n) is 4.24. The van der Waals surface area contributed by atoms with Gasteiger partial charge in [-0.15, -0.1) is 0 Å². The van der Waals surface area contributed by atoms with E-state index in [1.165, 1.54) is 0 Å². The fourth-order valence-corrected chi connectivity index (χ4v) is 2.69. The van der Waals surface area contributed by atoms with Crippen molar-refractivity contribution in [2.45, 2.75) is 65.1 Å². The molecule has 2 rings (SSSR count). The first-order chi connectivity index (χ1) is 7.82. The Morgan fingerprint density at radius 2 is 2.06 bits per heavy atom. The summed E-state index contributed by atoms with van der Waals surface area (Å²) in [6, 6.07) is 0. The van der Waals surface area contributed by atoms with E-state index in [1.807, 2.05) is 6.92 Å². The highest BCUT2D eigenvalue weighted by Crippen LogP contribution is 2.47. The zero-order chi connectivity index (χ0) is 12.7. The van der Waals surface area contributed by atoms with E-state index in [4.69, 9.17) is 4.74 Å². The van der Waals surface area contributed by atoms with Crippen molar-refractivity contribution in [3.8, 4) is 0 Å². The molecule has 3 atom stereocenters. The topological polar surface area (TPSA) is 29.6 Å². The number of hydrogen-bond acceptors (Lipinski definition) is 2. The molecule has 1 heterocycles. The van der Waals surface area contributed by atoms with Crippen molar-refractivity contribution in [3.63, 3.8) is 0 Å². The molecule has 0 radical (unpaired) electrons. The summed E-state index contributed by atoms with van der Waals surface area (Å²) in [7, 11) is 0. The Balaban J connectivity index is 2.13. The number of ketones is 1. The summed E-state index contributed by atoms with van der Waals surface area (Å²) in [6.45, 7) is 8.61. The van der Waals surface area contributed by atoms with Crippen LogP contribution in [0.4, 0.5) is 0 Å². The number of carbonyl (C=O) groups excluding carboxylic acids is 1. The van der Waals surface area contributed by atoms with Crippen LogP contribution in [0.2, 0.25) is 0 Å². The smallest absolute Gasteiger partial charge is 0.158 e. The van der Waals surface area contributed by atoms with Crippen LogP contribution in [0.3, 0.4) is 0 Å². The van der Waals surface area contributed by atoms with Crippen LogP contribution in [-0.2, 0) is 9.53 Å². The van der Waals surface area contributed by atoms with Gasteiger partial charge in [0.1, 0.15) is 0 Å². The first-order valence-corrected chi connectivity index (χ1v) is 6.73. The maximum absolute atomic E-state index is 11.9. The molecule has 17 heavy (non-hydrogen) atoms. The Kier molecular flexibility index (Phi) is 3.19. The molecule has 0 saturated carbocycles. The Labute approximate surface area is 104 Å². The van der Waals surface area contributed by atoms with E-state index in [1.54, 1.807) is 6.08 Å². The highest BCUT2D eigenvalue weighted by Gasteiger charge is 2.52. The highest BCUT2D eigenvalue weighted by atomic mass is 16.6. The molecule has 2 aliphatic rings.